The van der Waals surface area contributed by atoms with Gasteiger partial charge in [-0.25, -0.2) is 8.42 Å². The average molecular weight is 261 g/mol. The molecule has 1 rings (SSSR count). The third-order valence-corrected chi connectivity index (χ3v) is 4.21. The van der Waals surface area contributed by atoms with E-state index in [1.165, 1.54) is 0 Å². The van der Waals surface area contributed by atoms with Crippen LogP contribution in [-0.2, 0) is 14.8 Å². The van der Waals surface area contributed by atoms with Crippen molar-refractivity contribution in [1.29, 1.82) is 0 Å². The van der Waals surface area contributed by atoms with E-state index in [1.807, 2.05) is 4.72 Å². The molecule has 0 atom stereocenters. The van der Waals surface area contributed by atoms with E-state index >= 15 is 0 Å². The van der Waals surface area contributed by atoms with Gasteiger partial charge in [0.15, 0.2) is 0 Å². The second-order valence-corrected chi connectivity index (χ2v) is 7.27. The number of rotatable bonds is 4. The van der Waals surface area contributed by atoms with Gasteiger partial charge in [0.25, 0.3) is 0 Å². The van der Waals surface area contributed by atoms with Gasteiger partial charge in [-0.15, -0.1) is 0 Å². The molecule has 100 valence electrons. The molecule has 1 saturated carbocycles. The van der Waals surface area contributed by atoms with Gasteiger partial charge in [0, 0.05) is 6.42 Å². The van der Waals surface area contributed by atoms with Crippen LogP contribution in [0.4, 0.5) is 0 Å². The largest absolute Gasteiger partial charge is 0.274 e. The van der Waals surface area contributed by atoms with Gasteiger partial charge in [0.2, 0.25) is 15.9 Å². The third kappa shape index (κ3) is 5.52. The fraction of sp³-hybridized carbons (Fsp3) is 0.917. The Hall–Kier alpha value is -0.580. The second-order valence-electron chi connectivity index (χ2n) is 5.53. The Balaban J connectivity index is 2.33. The van der Waals surface area contributed by atoms with Crippen LogP contribution >= 0.6 is 0 Å². The molecule has 0 radical (unpaired) electrons. The fourth-order valence-corrected chi connectivity index (χ4v) is 3.07. The van der Waals surface area contributed by atoms with Crippen LogP contribution in [0, 0.1) is 17.8 Å². The molecule has 1 fully saturated rings. The summed E-state index contributed by atoms with van der Waals surface area (Å²) in [5.74, 6) is 1.47. The van der Waals surface area contributed by atoms with Crippen LogP contribution in [0.2, 0.25) is 0 Å². The van der Waals surface area contributed by atoms with Gasteiger partial charge in [-0.05, 0) is 43.4 Å². The highest BCUT2D eigenvalue weighted by molar-refractivity contribution is 7.89. The summed E-state index contributed by atoms with van der Waals surface area (Å²) in [7, 11) is -3.40. The van der Waals surface area contributed by atoms with Crippen molar-refractivity contribution in [2.24, 2.45) is 17.8 Å². The van der Waals surface area contributed by atoms with Crippen LogP contribution < -0.4 is 4.72 Å². The Morgan fingerprint density at radius 3 is 2.18 bits per heavy atom. The first kappa shape index (κ1) is 14.5. The van der Waals surface area contributed by atoms with Crippen LogP contribution in [0.25, 0.3) is 0 Å². The molecule has 1 aliphatic rings. The van der Waals surface area contributed by atoms with Crippen LogP contribution in [0.3, 0.4) is 0 Å². The van der Waals surface area contributed by atoms with Gasteiger partial charge in [0.05, 0.1) is 6.26 Å². The van der Waals surface area contributed by atoms with Crippen molar-refractivity contribution < 1.29 is 13.2 Å². The molecule has 0 spiro atoms. The number of sulfonamides is 1. The Labute approximate surface area is 104 Å². The highest BCUT2D eigenvalue weighted by atomic mass is 32.2. The number of hydrogen-bond acceptors (Lipinski definition) is 3. The van der Waals surface area contributed by atoms with E-state index < -0.39 is 10.0 Å². The van der Waals surface area contributed by atoms with Gasteiger partial charge in [0.1, 0.15) is 0 Å². The number of carbonyl (C=O) groups is 1. The zero-order chi connectivity index (χ0) is 13.1. The molecule has 1 N–H and O–H groups in total. The van der Waals surface area contributed by atoms with E-state index in [2.05, 4.69) is 13.8 Å². The molecule has 0 aromatic carbocycles. The lowest BCUT2D eigenvalue weighted by Crippen LogP contribution is -2.31. The summed E-state index contributed by atoms with van der Waals surface area (Å²) in [4.78, 5) is 11.5. The van der Waals surface area contributed by atoms with E-state index in [4.69, 9.17) is 0 Å². The van der Waals surface area contributed by atoms with E-state index in [1.54, 1.807) is 0 Å². The predicted molar refractivity (Wildman–Crippen MR) is 67.9 cm³/mol. The molecule has 0 unspecified atom stereocenters. The Kier molecular flexibility index (Phi) is 4.98. The summed E-state index contributed by atoms with van der Waals surface area (Å²) in [5, 5.41) is 0. The maximum absolute atomic E-state index is 11.5. The topological polar surface area (TPSA) is 63.2 Å². The van der Waals surface area contributed by atoms with Crippen molar-refractivity contribution in [3.8, 4) is 0 Å². The van der Waals surface area contributed by atoms with Crippen molar-refractivity contribution in [3.05, 3.63) is 0 Å². The summed E-state index contributed by atoms with van der Waals surface area (Å²) in [6.45, 7) is 4.47. The molecule has 0 bridgehead atoms. The van der Waals surface area contributed by atoms with Gasteiger partial charge in [-0.3, -0.25) is 9.52 Å². The molecule has 0 aliphatic heterocycles. The van der Waals surface area contributed by atoms with Crippen LogP contribution in [0.15, 0.2) is 0 Å². The summed E-state index contributed by atoms with van der Waals surface area (Å²) in [5.41, 5.74) is 0. The van der Waals surface area contributed by atoms with Crippen molar-refractivity contribution >= 4 is 15.9 Å². The lowest BCUT2D eigenvalue weighted by molar-refractivity contribution is -0.120. The van der Waals surface area contributed by atoms with Crippen molar-refractivity contribution in [3.63, 3.8) is 0 Å². The van der Waals surface area contributed by atoms with E-state index in [-0.39, 0.29) is 5.91 Å². The Bertz CT molecular complexity index is 354. The molecule has 0 aromatic rings. The molecule has 4 nitrogen and oxygen atoms in total. The van der Waals surface area contributed by atoms with E-state index in [9.17, 15) is 13.2 Å². The Morgan fingerprint density at radius 2 is 1.76 bits per heavy atom. The molecule has 0 aromatic heterocycles. The first-order chi connectivity index (χ1) is 7.78. The van der Waals surface area contributed by atoms with Gasteiger partial charge < -0.3 is 0 Å². The number of hydrogen-bond donors (Lipinski definition) is 1. The quantitative estimate of drug-likeness (QED) is 0.841. The summed E-state index contributed by atoms with van der Waals surface area (Å²) >= 11 is 0. The fourth-order valence-electron chi connectivity index (χ4n) is 2.57. The van der Waals surface area contributed by atoms with Crippen molar-refractivity contribution in [2.75, 3.05) is 6.26 Å². The number of nitrogens with one attached hydrogen (secondary N) is 1. The Morgan fingerprint density at radius 1 is 1.24 bits per heavy atom. The van der Waals surface area contributed by atoms with Gasteiger partial charge in [-0.2, -0.15) is 0 Å². The second kappa shape index (κ2) is 5.85. The highest BCUT2D eigenvalue weighted by Gasteiger charge is 2.25. The minimum Gasteiger partial charge on any atom is -0.274 e. The predicted octanol–water partition coefficient (Wildman–Crippen LogP) is 1.91. The number of carbonyl (C=O) groups excluding carboxylic acids is 1. The first-order valence-electron chi connectivity index (χ1n) is 6.28. The SMILES string of the molecule is CC(C)[C@H]1CC[C@H](CC(=O)NS(C)(=O)=O)CC1. The maximum atomic E-state index is 11.5. The highest BCUT2D eigenvalue weighted by Crippen LogP contribution is 2.34. The summed E-state index contributed by atoms with van der Waals surface area (Å²) in [6, 6.07) is 0. The smallest absolute Gasteiger partial charge is 0.233 e. The van der Waals surface area contributed by atoms with Crippen LogP contribution in [-0.4, -0.2) is 20.6 Å². The zero-order valence-corrected chi connectivity index (χ0v) is 11.7. The molecule has 1 amide bonds. The van der Waals surface area contributed by atoms with Crippen molar-refractivity contribution in [1.82, 2.24) is 4.72 Å². The normalized spacial score (nSPS) is 25.9. The van der Waals surface area contributed by atoms with Gasteiger partial charge in [-0.1, -0.05) is 13.8 Å². The van der Waals surface area contributed by atoms with E-state index in [0.717, 1.165) is 37.9 Å². The van der Waals surface area contributed by atoms with Gasteiger partial charge >= 0.3 is 0 Å². The molecule has 0 saturated heterocycles. The monoisotopic (exact) mass is 261 g/mol. The lowest BCUT2D eigenvalue weighted by Gasteiger charge is -2.30. The van der Waals surface area contributed by atoms with Crippen molar-refractivity contribution in [2.45, 2.75) is 46.0 Å². The third-order valence-electron chi connectivity index (χ3n) is 3.61. The molecule has 5 heteroatoms. The molecular weight excluding hydrogens is 238 g/mol. The maximum Gasteiger partial charge on any atom is 0.233 e. The molecule has 1 aliphatic carbocycles. The zero-order valence-electron chi connectivity index (χ0n) is 10.9. The standard InChI is InChI=1S/C12H23NO3S/c1-9(2)11-6-4-10(5-7-11)8-12(14)13-17(3,15)16/h9-11H,4-8H2,1-3H3,(H,13,14)/t10-,11-. The number of amides is 1. The average Bonchev–Trinajstić information content (AvgIpc) is 2.15. The minimum atomic E-state index is -3.40. The summed E-state index contributed by atoms with van der Waals surface area (Å²) in [6.07, 6.45) is 5.77. The summed E-state index contributed by atoms with van der Waals surface area (Å²) < 4.78 is 23.8. The van der Waals surface area contributed by atoms with E-state index in [0.29, 0.717) is 18.3 Å². The molecular formula is C12H23NO3S. The molecule has 17 heavy (non-hydrogen) atoms. The lowest BCUT2D eigenvalue weighted by atomic mass is 9.76. The first-order valence-corrected chi connectivity index (χ1v) is 8.17. The minimum absolute atomic E-state index is 0.345. The van der Waals surface area contributed by atoms with Crippen LogP contribution in [0.1, 0.15) is 46.0 Å². The molecule has 0 heterocycles. The van der Waals surface area contributed by atoms with Crippen LogP contribution in [0.5, 0.6) is 0 Å².